The van der Waals surface area contributed by atoms with Gasteiger partial charge >= 0.3 is 0 Å². The average molecular weight is 345 g/mol. The summed E-state index contributed by atoms with van der Waals surface area (Å²) in [5, 5.41) is 12.4. The second kappa shape index (κ2) is 6.29. The number of likely N-dealkylation sites (tertiary alicyclic amines) is 1. The zero-order valence-electron chi connectivity index (χ0n) is 14.1. The molecule has 3 aliphatic rings. The highest BCUT2D eigenvalue weighted by Crippen LogP contribution is 2.43. The summed E-state index contributed by atoms with van der Waals surface area (Å²) in [4.78, 5) is 31.0. The van der Waals surface area contributed by atoms with Crippen LogP contribution in [0.1, 0.15) is 19.3 Å². The Hall–Kier alpha value is -2.15. The molecular formula is C18H23N3O4. The molecule has 2 N–H and O–H groups in total. The van der Waals surface area contributed by atoms with Crippen molar-refractivity contribution in [2.45, 2.75) is 25.4 Å². The molecule has 25 heavy (non-hydrogen) atoms. The maximum Gasteiger partial charge on any atom is 0.228 e. The maximum absolute atomic E-state index is 12.5. The number of carbonyl (C=O) groups excluding carboxylic acids is 2. The van der Waals surface area contributed by atoms with Crippen molar-refractivity contribution in [1.29, 1.82) is 0 Å². The molecule has 134 valence electrons. The number of hydrogen-bond donors (Lipinski definition) is 2. The van der Waals surface area contributed by atoms with Gasteiger partial charge in [0.25, 0.3) is 0 Å². The number of nitrogens with one attached hydrogen (secondary N) is 1. The predicted octanol–water partition coefficient (Wildman–Crippen LogP) is 0.196. The third-order valence-electron chi connectivity index (χ3n) is 5.89. The summed E-state index contributed by atoms with van der Waals surface area (Å²) in [7, 11) is 0. The summed E-state index contributed by atoms with van der Waals surface area (Å²) in [5.74, 6) is 0.577. The Morgan fingerprint density at radius 2 is 2.28 bits per heavy atom. The third kappa shape index (κ3) is 2.86. The lowest BCUT2D eigenvalue weighted by Gasteiger charge is -2.34. The summed E-state index contributed by atoms with van der Waals surface area (Å²) < 4.78 is 5.77. The second-order valence-corrected chi connectivity index (χ2v) is 7.37. The Morgan fingerprint density at radius 1 is 1.44 bits per heavy atom. The fraction of sp³-hybridized carbons (Fsp3) is 0.611. The lowest BCUT2D eigenvalue weighted by molar-refractivity contribution is -0.142. The number of aliphatic hydroxyl groups excluding tert-OH is 1. The van der Waals surface area contributed by atoms with Gasteiger partial charge < -0.3 is 20.1 Å². The van der Waals surface area contributed by atoms with Gasteiger partial charge in [0.15, 0.2) is 0 Å². The van der Waals surface area contributed by atoms with Crippen molar-refractivity contribution in [3.05, 3.63) is 24.4 Å². The van der Waals surface area contributed by atoms with Crippen LogP contribution in [-0.4, -0.2) is 59.1 Å². The van der Waals surface area contributed by atoms with Crippen molar-refractivity contribution in [2.24, 2.45) is 17.3 Å². The van der Waals surface area contributed by atoms with Gasteiger partial charge in [-0.05, 0) is 25.3 Å². The molecule has 7 nitrogen and oxygen atoms in total. The predicted molar refractivity (Wildman–Crippen MR) is 88.6 cm³/mol. The number of aromatic nitrogens is 1. The summed E-state index contributed by atoms with van der Waals surface area (Å²) in [6.45, 7) is 2.01. The first kappa shape index (κ1) is 16.3. The molecule has 2 amide bonds. The van der Waals surface area contributed by atoms with Crippen LogP contribution in [0.25, 0.3) is 0 Å². The first-order valence-electron chi connectivity index (χ1n) is 8.87. The monoisotopic (exact) mass is 345 g/mol. The van der Waals surface area contributed by atoms with E-state index in [1.54, 1.807) is 17.2 Å². The van der Waals surface area contributed by atoms with Gasteiger partial charge in [0, 0.05) is 43.7 Å². The van der Waals surface area contributed by atoms with Gasteiger partial charge in [-0.2, -0.15) is 0 Å². The van der Waals surface area contributed by atoms with Crippen molar-refractivity contribution in [3.63, 3.8) is 0 Å². The van der Waals surface area contributed by atoms with E-state index in [9.17, 15) is 14.7 Å². The molecule has 0 bridgehead atoms. The van der Waals surface area contributed by atoms with E-state index < -0.39 is 5.41 Å². The lowest BCUT2D eigenvalue weighted by Crippen LogP contribution is -2.45. The van der Waals surface area contributed by atoms with Crippen LogP contribution in [0.15, 0.2) is 24.4 Å². The summed E-state index contributed by atoms with van der Waals surface area (Å²) in [6, 6.07) is 5.48. The topological polar surface area (TPSA) is 91.8 Å². The molecule has 2 atom stereocenters. The molecule has 3 fully saturated rings. The van der Waals surface area contributed by atoms with E-state index in [2.05, 4.69) is 10.3 Å². The number of carbonyl (C=O) groups is 2. The molecule has 7 heteroatoms. The van der Waals surface area contributed by atoms with Gasteiger partial charge in [-0.1, -0.05) is 6.07 Å². The molecule has 2 saturated heterocycles. The third-order valence-corrected chi connectivity index (χ3v) is 5.89. The lowest BCUT2D eigenvalue weighted by atomic mass is 9.77. The Kier molecular flexibility index (Phi) is 4.11. The second-order valence-electron chi connectivity index (χ2n) is 7.37. The van der Waals surface area contributed by atoms with E-state index in [-0.39, 0.29) is 29.8 Å². The number of ether oxygens (including phenoxy) is 1. The van der Waals surface area contributed by atoms with Gasteiger partial charge in [0.2, 0.25) is 17.7 Å². The van der Waals surface area contributed by atoms with Crippen molar-refractivity contribution >= 4 is 11.8 Å². The van der Waals surface area contributed by atoms with Gasteiger partial charge in [0.05, 0.1) is 18.1 Å². The molecular weight excluding hydrogens is 322 g/mol. The average Bonchev–Trinajstić information content (AvgIpc) is 3.17. The molecule has 0 aromatic carbocycles. The molecule has 0 radical (unpaired) electrons. The Morgan fingerprint density at radius 3 is 3.00 bits per heavy atom. The van der Waals surface area contributed by atoms with Crippen LogP contribution in [0.2, 0.25) is 0 Å². The summed E-state index contributed by atoms with van der Waals surface area (Å²) in [5.41, 5.74) is -0.563. The standard InChI is InChI=1S/C18H23N3O4/c22-14-7-12(8-14)16(23)21-6-4-18(11-21)13(9-20-17(18)24)10-25-15-3-1-2-5-19-15/h1-3,5,12-14,22H,4,6-11H2,(H,20,24)/t12?,13-,14?,18-/m1/s1. The Bertz CT molecular complexity index is 662. The van der Waals surface area contributed by atoms with E-state index in [1.165, 1.54) is 0 Å². The number of aliphatic hydroxyl groups is 1. The quantitative estimate of drug-likeness (QED) is 0.813. The SMILES string of the molecule is O=C(C1CC(O)C1)N1CC[C@]2(C1)C(=O)NC[C@@H]2COc1ccccn1. The molecule has 4 rings (SSSR count). The van der Waals surface area contributed by atoms with Crippen LogP contribution in [0.3, 0.4) is 0 Å². The molecule has 1 aromatic rings. The summed E-state index contributed by atoms with van der Waals surface area (Å²) >= 11 is 0. The fourth-order valence-corrected chi connectivity index (χ4v) is 4.20. The van der Waals surface area contributed by atoms with Gasteiger partial charge in [-0.25, -0.2) is 4.98 Å². The largest absolute Gasteiger partial charge is 0.477 e. The van der Waals surface area contributed by atoms with Crippen molar-refractivity contribution in [3.8, 4) is 5.88 Å². The molecule has 1 saturated carbocycles. The van der Waals surface area contributed by atoms with Gasteiger partial charge in [0.1, 0.15) is 0 Å². The first-order valence-corrected chi connectivity index (χ1v) is 8.87. The Labute approximate surface area is 146 Å². The fourth-order valence-electron chi connectivity index (χ4n) is 4.20. The zero-order valence-corrected chi connectivity index (χ0v) is 14.1. The van der Waals surface area contributed by atoms with Crippen LogP contribution < -0.4 is 10.1 Å². The molecule has 0 unspecified atom stereocenters. The minimum Gasteiger partial charge on any atom is -0.477 e. The highest BCUT2D eigenvalue weighted by molar-refractivity contribution is 5.88. The van der Waals surface area contributed by atoms with E-state index >= 15 is 0 Å². The van der Waals surface area contributed by atoms with Gasteiger partial charge in [-0.15, -0.1) is 0 Å². The van der Waals surface area contributed by atoms with Crippen LogP contribution >= 0.6 is 0 Å². The molecule has 1 aliphatic carbocycles. The minimum atomic E-state index is -0.563. The van der Waals surface area contributed by atoms with Crippen LogP contribution in [0.5, 0.6) is 5.88 Å². The van der Waals surface area contributed by atoms with E-state index in [0.717, 1.165) is 0 Å². The van der Waals surface area contributed by atoms with Crippen molar-refractivity contribution in [1.82, 2.24) is 15.2 Å². The van der Waals surface area contributed by atoms with E-state index in [4.69, 9.17) is 4.74 Å². The normalized spacial score (nSPS) is 34.0. The maximum atomic E-state index is 12.5. The number of hydrogen-bond acceptors (Lipinski definition) is 5. The van der Waals surface area contributed by atoms with Crippen molar-refractivity contribution < 1.29 is 19.4 Å². The number of amides is 2. The first-order chi connectivity index (χ1) is 12.1. The number of nitrogens with zero attached hydrogens (tertiary/aromatic N) is 2. The van der Waals surface area contributed by atoms with E-state index in [0.29, 0.717) is 51.4 Å². The van der Waals surface area contributed by atoms with Gasteiger partial charge in [-0.3, -0.25) is 9.59 Å². The highest BCUT2D eigenvalue weighted by Gasteiger charge is 2.55. The van der Waals surface area contributed by atoms with Crippen LogP contribution in [0.4, 0.5) is 0 Å². The number of pyridine rings is 1. The van der Waals surface area contributed by atoms with Crippen molar-refractivity contribution in [2.75, 3.05) is 26.2 Å². The summed E-state index contributed by atoms with van der Waals surface area (Å²) in [6.07, 6.45) is 3.07. The van der Waals surface area contributed by atoms with Crippen LogP contribution in [-0.2, 0) is 9.59 Å². The zero-order chi connectivity index (χ0) is 17.4. The van der Waals surface area contributed by atoms with E-state index in [1.807, 2.05) is 12.1 Å². The minimum absolute atomic E-state index is 0.0195. The molecule has 3 heterocycles. The molecule has 1 spiro atoms. The van der Waals surface area contributed by atoms with Crippen LogP contribution in [0, 0.1) is 17.3 Å². The Balaban J connectivity index is 1.42. The number of rotatable bonds is 4. The smallest absolute Gasteiger partial charge is 0.228 e. The highest BCUT2D eigenvalue weighted by atomic mass is 16.5. The molecule has 2 aliphatic heterocycles. The molecule has 1 aromatic heterocycles.